The Balaban J connectivity index is 2.61. The summed E-state index contributed by atoms with van der Waals surface area (Å²) in [6, 6.07) is -0.808. The summed E-state index contributed by atoms with van der Waals surface area (Å²) in [5.74, 6) is -0.450. The van der Waals surface area contributed by atoms with Crippen LogP contribution >= 0.6 is 0 Å². The first-order chi connectivity index (χ1) is 35.1. The number of unbranched alkanes of at least 4 members (excludes halogenated alkanes) is 31. The van der Waals surface area contributed by atoms with Crippen molar-refractivity contribution in [2.24, 2.45) is 10.8 Å². The highest BCUT2D eigenvalue weighted by molar-refractivity contribution is 5.76. The van der Waals surface area contributed by atoms with Crippen LogP contribution in [-0.4, -0.2) is 120 Å². The van der Waals surface area contributed by atoms with Crippen LogP contribution in [0.5, 0.6) is 0 Å². The van der Waals surface area contributed by atoms with Crippen molar-refractivity contribution in [1.29, 1.82) is 0 Å². The van der Waals surface area contributed by atoms with Gasteiger partial charge in [-0.15, -0.1) is 0 Å². The Morgan fingerprint density at radius 2 is 0.904 bits per heavy atom. The van der Waals surface area contributed by atoms with Gasteiger partial charge in [0, 0.05) is 31.9 Å². The number of carbonyl (C=O) groups excluding carboxylic acids is 2. The van der Waals surface area contributed by atoms with Gasteiger partial charge in [-0.2, -0.15) is 0 Å². The van der Waals surface area contributed by atoms with E-state index in [2.05, 4.69) is 38.3 Å². The number of hydrogen-bond acceptors (Lipinski definition) is 10. The van der Waals surface area contributed by atoms with Gasteiger partial charge in [-0.05, 0) is 31.1 Å². The number of nitrogens with one attached hydrogen (secondary N) is 2. The summed E-state index contributed by atoms with van der Waals surface area (Å²) in [7, 11) is 1.66. The molecule has 7 N–H and O–H groups in total. The Hall–Kier alpha value is -1.38. The maximum absolute atomic E-state index is 13.4. The number of aliphatic hydroxyl groups excluding tert-OH is 5. The fraction of sp³-hybridized carbons (Fsp3) is 0.967. The largest absolute Gasteiger partial charge is 0.390 e. The Morgan fingerprint density at radius 3 is 1.34 bits per heavy atom. The molecule has 12 heteroatoms. The van der Waals surface area contributed by atoms with E-state index in [1.807, 2.05) is 13.8 Å². The van der Waals surface area contributed by atoms with Crippen LogP contribution in [-0.2, 0) is 23.8 Å². The zero-order valence-electron chi connectivity index (χ0n) is 48.6. The van der Waals surface area contributed by atoms with Gasteiger partial charge in [0.15, 0.2) is 0 Å². The molecule has 0 aromatic carbocycles. The lowest BCUT2D eigenvalue weighted by Gasteiger charge is -2.41. The van der Waals surface area contributed by atoms with Crippen molar-refractivity contribution in [2.75, 3.05) is 33.5 Å². The minimum Gasteiger partial charge on any atom is -0.390 e. The normalized spacial score (nSPS) is 19.8. The number of amides is 2. The summed E-state index contributed by atoms with van der Waals surface area (Å²) in [6.45, 7) is 13.8. The quantitative estimate of drug-likeness (QED) is 0.0289. The molecule has 1 aliphatic rings. The van der Waals surface area contributed by atoms with Crippen molar-refractivity contribution in [1.82, 2.24) is 10.6 Å². The molecule has 5 unspecified atom stereocenters. The molecular formula is C61H120N2O10. The highest BCUT2D eigenvalue weighted by Crippen LogP contribution is 2.28. The van der Waals surface area contributed by atoms with Crippen LogP contribution < -0.4 is 10.6 Å². The molecule has 1 heterocycles. The monoisotopic (exact) mass is 1040 g/mol. The maximum Gasteiger partial charge on any atom is 0.220 e. The molecule has 8 atom stereocenters. The summed E-state index contributed by atoms with van der Waals surface area (Å²) < 4.78 is 17.4. The van der Waals surface area contributed by atoms with Gasteiger partial charge in [0.1, 0.15) is 24.4 Å². The maximum atomic E-state index is 13.4. The van der Waals surface area contributed by atoms with Crippen molar-refractivity contribution < 1.29 is 49.3 Å². The van der Waals surface area contributed by atoms with Crippen molar-refractivity contribution in [3.05, 3.63) is 0 Å². The average molecular weight is 1040 g/mol. The molecule has 0 radical (unpaired) electrons. The molecule has 1 saturated heterocycles. The van der Waals surface area contributed by atoms with E-state index in [0.29, 0.717) is 32.7 Å². The van der Waals surface area contributed by atoms with Gasteiger partial charge in [0.2, 0.25) is 11.8 Å². The molecule has 1 rings (SSSR count). The molecule has 434 valence electrons. The van der Waals surface area contributed by atoms with Crippen molar-refractivity contribution >= 4 is 11.8 Å². The van der Waals surface area contributed by atoms with Gasteiger partial charge in [-0.1, -0.05) is 247 Å². The number of hydrogen-bond donors (Lipinski definition) is 7. The second kappa shape index (κ2) is 44.6. The third kappa shape index (κ3) is 37.1. The van der Waals surface area contributed by atoms with Crippen molar-refractivity contribution in [3.8, 4) is 0 Å². The highest BCUT2D eigenvalue weighted by atomic mass is 16.5. The van der Waals surface area contributed by atoms with Gasteiger partial charge in [-0.3, -0.25) is 9.59 Å². The van der Waals surface area contributed by atoms with E-state index in [0.717, 1.165) is 38.5 Å². The third-order valence-corrected chi connectivity index (χ3v) is 15.2. The van der Waals surface area contributed by atoms with Crippen LogP contribution in [0.1, 0.15) is 286 Å². The topological polar surface area (TPSA) is 187 Å². The summed E-state index contributed by atoms with van der Waals surface area (Å²) in [6.07, 6.45) is 34.1. The smallest absolute Gasteiger partial charge is 0.220 e. The van der Waals surface area contributed by atoms with Crippen LogP contribution in [0.15, 0.2) is 0 Å². The lowest BCUT2D eigenvalue weighted by Crippen LogP contribution is -2.60. The van der Waals surface area contributed by atoms with Gasteiger partial charge >= 0.3 is 0 Å². The lowest BCUT2D eigenvalue weighted by molar-refractivity contribution is -0.222. The lowest BCUT2D eigenvalue weighted by atomic mass is 9.89. The Bertz CT molecular complexity index is 1290. The highest BCUT2D eigenvalue weighted by Gasteiger charge is 2.44. The van der Waals surface area contributed by atoms with E-state index in [1.54, 1.807) is 7.11 Å². The summed E-state index contributed by atoms with van der Waals surface area (Å²) in [5.41, 5.74) is -0.635. The number of rotatable bonds is 51. The number of ether oxygens (including phenoxy) is 3. The number of carbonyl (C=O) groups is 2. The second-order valence-corrected chi connectivity index (χ2v) is 24.2. The number of methoxy groups -OCH3 is 1. The van der Waals surface area contributed by atoms with E-state index in [9.17, 15) is 35.1 Å². The number of aliphatic hydroxyl groups is 5. The predicted molar refractivity (Wildman–Crippen MR) is 301 cm³/mol. The predicted octanol–water partition coefficient (Wildman–Crippen LogP) is 12.7. The molecule has 0 aromatic rings. The minimum atomic E-state index is -1.53. The molecule has 0 aromatic heterocycles. The van der Waals surface area contributed by atoms with E-state index < -0.39 is 54.2 Å². The molecule has 2 amide bonds. The average Bonchev–Trinajstić information content (AvgIpc) is 3.34. The molecule has 1 fully saturated rings. The van der Waals surface area contributed by atoms with Crippen molar-refractivity contribution in [2.45, 2.75) is 334 Å². The Labute approximate surface area is 448 Å². The standard InChI is InChI=1S/C61H120N2O10/c1-8-10-12-14-16-18-20-22-23-24-25-26-27-28-29-30-32-34-36-38-40-42-54(65)63-50(56(67)51(64)41-39-37-35-33-31-21-19-17-15-13-11-9-2)43-44-52-57(68)59(70)58(69)53(73-52)46-62-55(66)45-60(3,4)48-72-49-61(5,6)47-71-7/h50-53,56-59,64,67-70H,8-49H2,1-7H3,(H,62,66)(H,63,65)/t50-,51+,52?,53?,56-,57?,58?,59?/m0/s1. The van der Waals surface area contributed by atoms with Gasteiger partial charge in [0.05, 0.1) is 44.2 Å². The van der Waals surface area contributed by atoms with Crippen LogP contribution in [0, 0.1) is 10.8 Å². The Morgan fingerprint density at radius 1 is 0.507 bits per heavy atom. The Kier molecular flexibility index (Phi) is 42.5. The van der Waals surface area contributed by atoms with Gasteiger partial charge < -0.3 is 50.4 Å². The van der Waals surface area contributed by atoms with Crippen LogP contribution in [0.25, 0.3) is 0 Å². The zero-order chi connectivity index (χ0) is 54.0. The fourth-order valence-corrected chi connectivity index (χ4v) is 10.5. The first-order valence-electron chi connectivity index (χ1n) is 30.8. The van der Waals surface area contributed by atoms with Crippen LogP contribution in [0.2, 0.25) is 0 Å². The second-order valence-electron chi connectivity index (χ2n) is 24.2. The van der Waals surface area contributed by atoms with E-state index >= 15 is 0 Å². The molecule has 0 spiro atoms. The molecular weight excluding hydrogens is 921 g/mol. The summed E-state index contributed by atoms with van der Waals surface area (Å²) in [5, 5.41) is 61.4. The first-order valence-corrected chi connectivity index (χ1v) is 30.8. The third-order valence-electron chi connectivity index (χ3n) is 15.2. The fourth-order valence-electron chi connectivity index (χ4n) is 10.5. The zero-order valence-corrected chi connectivity index (χ0v) is 48.6. The molecule has 12 nitrogen and oxygen atoms in total. The first kappa shape index (κ1) is 69.6. The van der Waals surface area contributed by atoms with Crippen molar-refractivity contribution in [3.63, 3.8) is 0 Å². The SMILES string of the molecule is CCCCCCCCCCCCCCCCCCCCCCCC(=O)N[C@@H](CCC1OC(CNC(=O)CC(C)(C)COCC(C)(C)COC)C(O)C(O)C1O)[C@H](O)[C@H](O)CCCCCCCCCCCCCC. The molecule has 0 bridgehead atoms. The summed E-state index contributed by atoms with van der Waals surface area (Å²) >= 11 is 0. The molecule has 0 saturated carbocycles. The molecule has 73 heavy (non-hydrogen) atoms. The van der Waals surface area contributed by atoms with Crippen LogP contribution in [0.4, 0.5) is 0 Å². The van der Waals surface area contributed by atoms with Crippen LogP contribution in [0.3, 0.4) is 0 Å². The van der Waals surface area contributed by atoms with Gasteiger partial charge in [-0.25, -0.2) is 0 Å². The minimum absolute atomic E-state index is 0.0852. The van der Waals surface area contributed by atoms with Gasteiger partial charge in [0.25, 0.3) is 0 Å². The van der Waals surface area contributed by atoms with E-state index in [4.69, 9.17) is 14.2 Å². The molecule has 0 aliphatic carbocycles. The van der Waals surface area contributed by atoms with E-state index in [1.165, 1.54) is 173 Å². The molecule has 1 aliphatic heterocycles. The summed E-state index contributed by atoms with van der Waals surface area (Å²) in [4.78, 5) is 26.5. The van der Waals surface area contributed by atoms with E-state index in [-0.39, 0.29) is 43.0 Å².